The van der Waals surface area contributed by atoms with Crippen LogP contribution in [0.25, 0.3) is 0 Å². The van der Waals surface area contributed by atoms with Crippen molar-refractivity contribution in [1.29, 1.82) is 5.26 Å². The number of methoxy groups -OCH3 is 1. The maximum atomic E-state index is 11.9. The fourth-order valence-corrected chi connectivity index (χ4v) is 2.69. The predicted molar refractivity (Wildman–Crippen MR) is 71.0 cm³/mol. The Kier molecular flexibility index (Phi) is 4.18. The third-order valence-electron chi connectivity index (χ3n) is 3.72. The van der Waals surface area contributed by atoms with Gasteiger partial charge in [-0.3, -0.25) is 9.69 Å². The van der Waals surface area contributed by atoms with Crippen LogP contribution < -0.4 is 0 Å². The summed E-state index contributed by atoms with van der Waals surface area (Å²) < 4.78 is 4.87. The average Bonchev–Trinajstić information content (AvgIpc) is 2.84. The first kappa shape index (κ1) is 13.6. The monoisotopic (exact) mass is 258 g/mol. The fourth-order valence-electron chi connectivity index (χ4n) is 2.69. The molecular formula is C15H18N2O2. The second-order valence-corrected chi connectivity index (χ2v) is 5.05. The Morgan fingerprint density at radius 3 is 2.84 bits per heavy atom. The molecule has 0 aliphatic carbocycles. The molecule has 0 bridgehead atoms. The molecule has 4 nitrogen and oxygen atoms in total. The molecule has 1 saturated heterocycles. The van der Waals surface area contributed by atoms with Crippen LogP contribution in [-0.4, -0.2) is 31.1 Å². The van der Waals surface area contributed by atoms with Crippen LogP contribution in [0.1, 0.15) is 18.4 Å². The maximum absolute atomic E-state index is 11.9. The summed E-state index contributed by atoms with van der Waals surface area (Å²) in [6.07, 6.45) is 0.922. The van der Waals surface area contributed by atoms with Gasteiger partial charge in [-0.15, -0.1) is 0 Å². The van der Waals surface area contributed by atoms with Gasteiger partial charge >= 0.3 is 5.97 Å². The minimum atomic E-state index is -0.641. The lowest BCUT2D eigenvalue weighted by molar-refractivity contribution is -0.151. The molecule has 1 heterocycles. The van der Waals surface area contributed by atoms with Crippen LogP contribution in [0.4, 0.5) is 0 Å². The van der Waals surface area contributed by atoms with E-state index in [4.69, 9.17) is 10.00 Å². The van der Waals surface area contributed by atoms with Crippen LogP contribution in [0, 0.1) is 16.7 Å². The van der Waals surface area contributed by atoms with E-state index in [1.807, 2.05) is 18.2 Å². The standard InChI is InChI=1S/C15H18N2O2/c1-19-14(18)15(7-9-16)8-10-17(12-15)11-13-5-3-2-4-6-13/h2-6H,7-8,10-12H2,1H3. The summed E-state index contributed by atoms with van der Waals surface area (Å²) in [7, 11) is 1.39. The molecule has 0 aromatic heterocycles. The van der Waals surface area contributed by atoms with Crippen molar-refractivity contribution < 1.29 is 9.53 Å². The zero-order chi connectivity index (χ0) is 13.7. The van der Waals surface area contributed by atoms with E-state index in [1.165, 1.54) is 12.7 Å². The van der Waals surface area contributed by atoms with Gasteiger partial charge in [-0.25, -0.2) is 0 Å². The highest BCUT2D eigenvalue weighted by Gasteiger charge is 2.45. The Balaban J connectivity index is 2.05. The number of nitriles is 1. The van der Waals surface area contributed by atoms with E-state index >= 15 is 0 Å². The Bertz CT molecular complexity index is 481. The average molecular weight is 258 g/mol. The van der Waals surface area contributed by atoms with Crippen LogP contribution in [0.3, 0.4) is 0 Å². The topological polar surface area (TPSA) is 53.3 Å². The number of hydrogen-bond acceptors (Lipinski definition) is 4. The van der Waals surface area contributed by atoms with Gasteiger partial charge in [-0.1, -0.05) is 30.3 Å². The zero-order valence-corrected chi connectivity index (χ0v) is 11.1. The summed E-state index contributed by atoms with van der Waals surface area (Å²) in [5.41, 5.74) is 0.582. The van der Waals surface area contributed by atoms with Gasteiger partial charge in [-0.05, 0) is 18.5 Å². The number of rotatable bonds is 4. The van der Waals surface area contributed by atoms with Crippen LogP contribution in [-0.2, 0) is 16.1 Å². The highest BCUT2D eigenvalue weighted by molar-refractivity contribution is 5.77. The fraction of sp³-hybridized carbons (Fsp3) is 0.467. The number of esters is 1. The molecular weight excluding hydrogens is 240 g/mol. The van der Waals surface area contributed by atoms with E-state index in [0.29, 0.717) is 13.0 Å². The second kappa shape index (κ2) is 5.85. The molecule has 1 atom stereocenters. The van der Waals surface area contributed by atoms with Crippen LogP contribution in [0.15, 0.2) is 30.3 Å². The Hall–Kier alpha value is -1.86. The van der Waals surface area contributed by atoms with Gasteiger partial charge in [0, 0.05) is 13.1 Å². The quantitative estimate of drug-likeness (QED) is 0.775. The number of carbonyl (C=O) groups excluding carboxylic acids is 1. The van der Waals surface area contributed by atoms with Crippen molar-refractivity contribution in [1.82, 2.24) is 4.90 Å². The van der Waals surface area contributed by atoms with Gasteiger partial charge in [0.15, 0.2) is 0 Å². The summed E-state index contributed by atoms with van der Waals surface area (Å²) >= 11 is 0. The molecule has 0 N–H and O–H groups in total. The summed E-state index contributed by atoms with van der Waals surface area (Å²) in [5.74, 6) is -0.260. The van der Waals surface area contributed by atoms with E-state index in [-0.39, 0.29) is 12.4 Å². The second-order valence-electron chi connectivity index (χ2n) is 5.05. The van der Waals surface area contributed by atoms with E-state index < -0.39 is 5.41 Å². The van der Waals surface area contributed by atoms with E-state index in [2.05, 4.69) is 23.1 Å². The smallest absolute Gasteiger partial charge is 0.314 e. The number of hydrogen-bond donors (Lipinski definition) is 0. The van der Waals surface area contributed by atoms with Gasteiger partial charge < -0.3 is 4.74 Å². The number of nitrogens with zero attached hydrogens (tertiary/aromatic N) is 2. The van der Waals surface area contributed by atoms with Gasteiger partial charge in [0.2, 0.25) is 0 Å². The number of ether oxygens (including phenoxy) is 1. The first-order chi connectivity index (χ1) is 9.20. The molecule has 100 valence electrons. The highest BCUT2D eigenvalue weighted by atomic mass is 16.5. The van der Waals surface area contributed by atoms with Gasteiger partial charge in [0.1, 0.15) is 0 Å². The summed E-state index contributed by atoms with van der Waals surface area (Å²) in [5, 5.41) is 8.94. The number of likely N-dealkylation sites (tertiary alicyclic amines) is 1. The van der Waals surface area contributed by atoms with Gasteiger partial charge in [-0.2, -0.15) is 5.26 Å². The molecule has 1 aromatic rings. The Morgan fingerprint density at radius 2 is 2.21 bits per heavy atom. The van der Waals surface area contributed by atoms with Crippen molar-refractivity contribution >= 4 is 5.97 Å². The number of benzene rings is 1. The first-order valence-electron chi connectivity index (χ1n) is 6.42. The Labute approximate surface area is 113 Å². The largest absolute Gasteiger partial charge is 0.469 e. The predicted octanol–water partition coefficient (Wildman–Crippen LogP) is 1.97. The first-order valence-corrected chi connectivity index (χ1v) is 6.42. The van der Waals surface area contributed by atoms with Gasteiger partial charge in [0.05, 0.1) is 25.0 Å². The molecule has 0 radical (unpaired) electrons. The van der Waals surface area contributed by atoms with Crippen molar-refractivity contribution in [3.05, 3.63) is 35.9 Å². The molecule has 0 amide bonds. The van der Waals surface area contributed by atoms with E-state index in [9.17, 15) is 4.79 Å². The van der Waals surface area contributed by atoms with Gasteiger partial charge in [0.25, 0.3) is 0 Å². The SMILES string of the molecule is COC(=O)C1(CC#N)CCN(Cc2ccccc2)C1. The van der Waals surface area contributed by atoms with Crippen LogP contribution in [0.5, 0.6) is 0 Å². The van der Waals surface area contributed by atoms with Crippen molar-refractivity contribution in [2.24, 2.45) is 5.41 Å². The lowest BCUT2D eigenvalue weighted by Gasteiger charge is -2.23. The zero-order valence-electron chi connectivity index (χ0n) is 11.1. The molecule has 0 saturated carbocycles. The molecule has 1 fully saturated rings. The summed E-state index contributed by atoms with van der Waals surface area (Å²) in [6.45, 7) is 2.23. The van der Waals surface area contributed by atoms with Crippen molar-refractivity contribution in [2.45, 2.75) is 19.4 Å². The third kappa shape index (κ3) is 2.94. The third-order valence-corrected chi connectivity index (χ3v) is 3.72. The molecule has 1 unspecified atom stereocenters. The minimum Gasteiger partial charge on any atom is -0.469 e. The normalized spacial score (nSPS) is 22.9. The van der Waals surface area contributed by atoms with Crippen molar-refractivity contribution in [2.75, 3.05) is 20.2 Å². The van der Waals surface area contributed by atoms with Crippen molar-refractivity contribution in [3.8, 4) is 6.07 Å². The summed E-state index contributed by atoms with van der Waals surface area (Å²) in [6, 6.07) is 12.3. The summed E-state index contributed by atoms with van der Waals surface area (Å²) in [4.78, 5) is 14.1. The highest BCUT2D eigenvalue weighted by Crippen LogP contribution is 2.35. The lowest BCUT2D eigenvalue weighted by atomic mass is 9.84. The molecule has 19 heavy (non-hydrogen) atoms. The molecule has 1 aliphatic rings. The van der Waals surface area contributed by atoms with Crippen molar-refractivity contribution in [3.63, 3.8) is 0 Å². The number of carbonyl (C=O) groups is 1. The van der Waals surface area contributed by atoms with Crippen LogP contribution >= 0.6 is 0 Å². The van der Waals surface area contributed by atoms with E-state index in [1.54, 1.807) is 0 Å². The molecule has 0 spiro atoms. The maximum Gasteiger partial charge on any atom is 0.314 e. The van der Waals surface area contributed by atoms with E-state index in [0.717, 1.165) is 13.1 Å². The molecule has 1 aliphatic heterocycles. The minimum absolute atomic E-state index is 0.227. The molecule has 2 rings (SSSR count). The Morgan fingerprint density at radius 1 is 1.47 bits per heavy atom. The molecule has 4 heteroatoms. The molecule has 1 aromatic carbocycles. The van der Waals surface area contributed by atoms with Crippen LogP contribution in [0.2, 0.25) is 0 Å². The lowest BCUT2D eigenvalue weighted by Crippen LogP contribution is -2.35.